The van der Waals surface area contributed by atoms with Crippen LogP contribution in [0.5, 0.6) is 0 Å². The number of amides is 2. The number of hydrogen-bond acceptors (Lipinski definition) is 2. The van der Waals surface area contributed by atoms with Crippen molar-refractivity contribution in [2.24, 2.45) is 0 Å². The van der Waals surface area contributed by atoms with E-state index < -0.39 is 0 Å². The number of rotatable bonds is 3. The number of Topliss-reactive ketones (excluding diaryl/α,β-unsaturated/α-hetero) is 1. The third kappa shape index (κ3) is 3.82. The molecule has 2 amide bonds. The molecule has 0 bridgehead atoms. The first kappa shape index (κ1) is 16.2. The van der Waals surface area contributed by atoms with E-state index in [9.17, 15) is 9.59 Å². The Hall–Kier alpha value is -2.62. The van der Waals surface area contributed by atoms with E-state index in [1.807, 2.05) is 42.5 Å². The van der Waals surface area contributed by atoms with Crippen LogP contribution in [0.15, 0.2) is 54.6 Å². The molecule has 1 aliphatic rings. The Morgan fingerprint density at radius 3 is 2.17 bits per heavy atom. The lowest BCUT2D eigenvalue weighted by molar-refractivity contribution is -0.121. The quantitative estimate of drug-likeness (QED) is 0.914. The monoisotopic (exact) mass is 322 g/mol. The van der Waals surface area contributed by atoms with E-state index in [0.29, 0.717) is 18.6 Å². The van der Waals surface area contributed by atoms with Crippen LogP contribution in [-0.4, -0.2) is 29.8 Å². The number of carbonyl (C=O) groups is 2. The van der Waals surface area contributed by atoms with Gasteiger partial charge in [-0.1, -0.05) is 42.5 Å². The van der Waals surface area contributed by atoms with Crippen LogP contribution >= 0.6 is 0 Å². The summed E-state index contributed by atoms with van der Waals surface area (Å²) in [6, 6.07) is 18.0. The lowest BCUT2D eigenvalue weighted by Crippen LogP contribution is -2.41. The van der Waals surface area contributed by atoms with Crippen LogP contribution in [0.4, 0.5) is 10.5 Å². The molecule has 1 fully saturated rings. The van der Waals surface area contributed by atoms with E-state index in [4.69, 9.17) is 0 Å². The Kier molecular flexibility index (Phi) is 4.94. The second-order valence-electron chi connectivity index (χ2n) is 6.25. The third-order valence-electron chi connectivity index (χ3n) is 4.62. The zero-order chi connectivity index (χ0) is 16.9. The summed E-state index contributed by atoms with van der Waals surface area (Å²) in [5.41, 5.74) is 3.05. The topological polar surface area (TPSA) is 49.4 Å². The van der Waals surface area contributed by atoms with E-state index in [1.165, 1.54) is 0 Å². The van der Waals surface area contributed by atoms with Crippen molar-refractivity contribution in [3.05, 3.63) is 54.6 Å². The SMILES string of the molecule is CN(C(=O)Nc1ccc(-c2ccccc2)cc1)C1CCC(=O)CC1. The fourth-order valence-corrected chi connectivity index (χ4v) is 3.07. The first-order valence-electron chi connectivity index (χ1n) is 8.34. The Balaban J connectivity index is 1.61. The van der Waals surface area contributed by atoms with Gasteiger partial charge in [-0.2, -0.15) is 0 Å². The van der Waals surface area contributed by atoms with Gasteiger partial charge in [0.25, 0.3) is 0 Å². The highest BCUT2D eigenvalue weighted by Gasteiger charge is 2.25. The Morgan fingerprint density at radius 2 is 1.54 bits per heavy atom. The van der Waals surface area contributed by atoms with Crippen molar-refractivity contribution in [2.45, 2.75) is 31.7 Å². The predicted molar refractivity (Wildman–Crippen MR) is 95.9 cm³/mol. The minimum atomic E-state index is -0.123. The van der Waals surface area contributed by atoms with Gasteiger partial charge in [-0.3, -0.25) is 4.79 Å². The van der Waals surface area contributed by atoms with Gasteiger partial charge in [0.1, 0.15) is 5.78 Å². The van der Waals surface area contributed by atoms with Crippen molar-refractivity contribution in [3.63, 3.8) is 0 Å². The average Bonchev–Trinajstić information content (AvgIpc) is 2.63. The predicted octanol–water partition coefficient (Wildman–Crippen LogP) is 4.33. The Labute approximate surface area is 142 Å². The van der Waals surface area contributed by atoms with Gasteiger partial charge in [0.05, 0.1) is 0 Å². The van der Waals surface area contributed by atoms with Gasteiger partial charge in [-0.25, -0.2) is 4.79 Å². The maximum Gasteiger partial charge on any atom is 0.321 e. The fourth-order valence-electron chi connectivity index (χ4n) is 3.07. The number of hydrogen-bond donors (Lipinski definition) is 1. The van der Waals surface area contributed by atoms with Gasteiger partial charge in [0, 0.05) is 31.6 Å². The molecule has 2 aromatic carbocycles. The minimum Gasteiger partial charge on any atom is -0.325 e. The van der Waals surface area contributed by atoms with Crippen LogP contribution in [0.1, 0.15) is 25.7 Å². The molecule has 1 saturated carbocycles. The van der Waals surface area contributed by atoms with Crippen molar-refractivity contribution >= 4 is 17.5 Å². The molecule has 0 aromatic heterocycles. The largest absolute Gasteiger partial charge is 0.325 e. The Morgan fingerprint density at radius 1 is 0.958 bits per heavy atom. The number of anilines is 1. The van der Waals surface area contributed by atoms with E-state index in [2.05, 4.69) is 17.4 Å². The molecule has 4 nitrogen and oxygen atoms in total. The highest BCUT2D eigenvalue weighted by atomic mass is 16.2. The van der Waals surface area contributed by atoms with Crippen LogP contribution in [0.3, 0.4) is 0 Å². The van der Waals surface area contributed by atoms with Gasteiger partial charge < -0.3 is 10.2 Å². The van der Waals surface area contributed by atoms with E-state index in [1.54, 1.807) is 11.9 Å². The molecule has 0 radical (unpaired) electrons. The maximum atomic E-state index is 12.4. The molecular formula is C20H22N2O2. The average molecular weight is 322 g/mol. The van der Waals surface area contributed by atoms with Crippen molar-refractivity contribution in [3.8, 4) is 11.1 Å². The van der Waals surface area contributed by atoms with Crippen LogP contribution < -0.4 is 5.32 Å². The fraction of sp³-hybridized carbons (Fsp3) is 0.300. The van der Waals surface area contributed by atoms with Gasteiger partial charge in [0.15, 0.2) is 0 Å². The molecule has 1 aliphatic carbocycles. The van der Waals surface area contributed by atoms with Crippen LogP contribution in [0.25, 0.3) is 11.1 Å². The lowest BCUT2D eigenvalue weighted by Gasteiger charge is -2.30. The summed E-state index contributed by atoms with van der Waals surface area (Å²) in [7, 11) is 1.80. The standard InChI is InChI=1S/C20H22N2O2/c1-22(18-11-13-19(23)14-12-18)20(24)21-17-9-7-16(8-10-17)15-5-3-2-4-6-15/h2-10,18H,11-14H2,1H3,(H,21,24). The molecule has 0 atom stereocenters. The molecule has 0 spiro atoms. The third-order valence-corrected chi connectivity index (χ3v) is 4.62. The zero-order valence-electron chi connectivity index (χ0n) is 13.9. The van der Waals surface area contributed by atoms with E-state index >= 15 is 0 Å². The smallest absolute Gasteiger partial charge is 0.321 e. The van der Waals surface area contributed by atoms with Crippen LogP contribution in [0, 0.1) is 0 Å². The summed E-state index contributed by atoms with van der Waals surface area (Å²) in [6.07, 6.45) is 2.67. The summed E-state index contributed by atoms with van der Waals surface area (Å²) < 4.78 is 0. The lowest BCUT2D eigenvalue weighted by atomic mass is 9.93. The highest BCUT2D eigenvalue weighted by Crippen LogP contribution is 2.23. The summed E-state index contributed by atoms with van der Waals surface area (Å²) in [5, 5.41) is 2.93. The maximum absolute atomic E-state index is 12.4. The van der Waals surface area contributed by atoms with Crippen molar-refractivity contribution in [2.75, 3.05) is 12.4 Å². The number of benzene rings is 2. The first-order chi connectivity index (χ1) is 11.6. The van der Waals surface area contributed by atoms with Crippen molar-refractivity contribution < 1.29 is 9.59 Å². The normalized spacial score (nSPS) is 15.1. The molecule has 2 aromatic rings. The summed E-state index contributed by atoms with van der Waals surface area (Å²) in [4.78, 5) is 25.4. The molecule has 0 aliphatic heterocycles. The Bertz CT molecular complexity index is 700. The number of nitrogens with one attached hydrogen (secondary N) is 1. The molecule has 3 rings (SSSR count). The molecule has 0 heterocycles. The molecule has 0 unspecified atom stereocenters. The number of ketones is 1. The minimum absolute atomic E-state index is 0.123. The molecule has 4 heteroatoms. The van der Waals surface area contributed by atoms with Crippen LogP contribution in [0.2, 0.25) is 0 Å². The summed E-state index contributed by atoms with van der Waals surface area (Å²) in [6.45, 7) is 0. The first-order valence-corrected chi connectivity index (χ1v) is 8.34. The second-order valence-corrected chi connectivity index (χ2v) is 6.25. The summed E-state index contributed by atoms with van der Waals surface area (Å²) >= 11 is 0. The second kappa shape index (κ2) is 7.30. The highest BCUT2D eigenvalue weighted by molar-refractivity contribution is 5.90. The van der Waals surface area contributed by atoms with Crippen molar-refractivity contribution in [1.82, 2.24) is 4.90 Å². The summed E-state index contributed by atoms with van der Waals surface area (Å²) in [5.74, 6) is 0.302. The van der Waals surface area contributed by atoms with Gasteiger partial charge in [-0.05, 0) is 36.1 Å². The molecular weight excluding hydrogens is 300 g/mol. The molecule has 1 N–H and O–H groups in total. The number of urea groups is 1. The van der Waals surface area contributed by atoms with Gasteiger partial charge in [-0.15, -0.1) is 0 Å². The van der Waals surface area contributed by atoms with Crippen molar-refractivity contribution in [1.29, 1.82) is 0 Å². The molecule has 24 heavy (non-hydrogen) atoms. The van der Waals surface area contributed by atoms with Crippen LogP contribution in [-0.2, 0) is 4.79 Å². The zero-order valence-corrected chi connectivity index (χ0v) is 13.9. The van der Waals surface area contributed by atoms with Gasteiger partial charge in [0.2, 0.25) is 0 Å². The number of nitrogens with zero attached hydrogens (tertiary/aromatic N) is 1. The van der Waals surface area contributed by atoms with Gasteiger partial charge >= 0.3 is 6.03 Å². The molecule has 0 saturated heterocycles. The number of carbonyl (C=O) groups excluding carboxylic acids is 2. The molecule has 124 valence electrons. The van der Waals surface area contributed by atoms with E-state index in [0.717, 1.165) is 29.7 Å². The van der Waals surface area contributed by atoms with E-state index in [-0.39, 0.29) is 12.1 Å².